The molecule has 0 aliphatic carbocycles. The summed E-state index contributed by atoms with van der Waals surface area (Å²) in [6, 6.07) is 28.6. The van der Waals surface area contributed by atoms with E-state index in [0.717, 1.165) is 16.9 Å². The van der Waals surface area contributed by atoms with E-state index in [4.69, 9.17) is 18.6 Å². The molecular formula is C27H25NO5. The normalized spacial score (nSPS) is 10.5. The molecule has 4 aromatic rings. The first-order valence-electron chi connectivity index (χ1n) is 10.6. The number of benzene rings is 3. The van der Waals surface area contributed by atoms with Crippen molar-refractivity contribution in [3.05, 3.63) is 103 Å². The lowest BCUT2D eigenvalue weighted by Crippen LogP contribution is -2.27. The van der Waals surface area contributed by atoms with Gasteiger partial charge in [0.05, 0.1) is 13.7 Å². The second-order valence-electron chi connectivity index (χ2n) is 7.17. The number of rotatable bonds is 10. The molecule has 0 bridgehead atoms. The summed E-state index contributed by atoms with van der Waals surface area (Å²) in [5, 5.41) is 2.82. The molecule has 0 saturated carbocycles. The summed E-state index contributed by atoms with van der Waals surface area (Å²) in [5.41, 5.74) is 2.09. The Labute approximate surface area is 192 Å². The first-order chi connectivity index (χ1) is 16.2. The van der Waals surface area contributed by atoms with Crippen LogP contribution >= 0.6 is 0 Å². The smallest absolute Gasteiger partial charge is 0.287 e. The Hall–Kier alpha value is -4.19. The van der Waals surface area contributed by atoms with Crippen LogP contribution in [-0.2, 0) is 6.61 Å². The number of hydrogen-bond donors (Lipinski definition) is 1. The van der Waals surface area contributed by atoms with Gasteiger partial charge in [-0.1, -0.05) is 60.7 Å². The van der Waals surface area contributed by atoms with E-state index in [1.54, 1.807) is 19.2 Å². The summed E-state index contributed by atoms with van der Waals surface area (Å²) >= 11 is 0. The quantitative estimate of drug-likeness (QED) is 0.335. The third-order valence-electron chi connectivity index (χ3n) is 4.94. The van der Waals surface area contributed by atoms with Gasteiger partial charge in [-0.3, -0.25) is 4.79 Å². The fraction of sp³-hybridized carbons (Fsp3) is 0.148. The Bertz CT molecular complexity index is 1190. The van der Waals surface area contributed by atoms with Gasteiger partial charge in [-0.2, -0.15) is 0 Å². The molecular weight excluding hydrogens is 418 g/mol. The zero-order chi connectivity index (χ0) is 22.9. The van der Waals surface area contributed by atoms with Crippen molar-refractivity contribution in [3.63, 3.8) is 0 Å². The van der Waals surface area contributed by atoms with Gasteiger partial charge in [-0.15, -0.1) is 0 Å². The Morgan fingerprint density at radius 1 is 0.788 bits per heavy atom. The van der Waals surface area contributed by atoms with E-state index in [1.807, 2.05) is 78.9 Å². The van der Waals surface area contributed by atoms with Gasteiger partial charge < -0.3 is 23.9 Å². The third-order valence-corrected chi connectivity index (χ3v) is 4.94. The van der Waals surface area contributed by atoms with Crippen LogP contribution in [-0.4, -0.2) is 26.2 Å². The monoisotopic (exact) mass is 443 g/mol. The standard InChI is InChI=1S/C27H25NO5/c1-30-24-13-7-8-14-25(24)32-19-21-15-16-26(33-21)27(29)28-17-18-31-23-12-6-5-11-22(23)20-9-3-2-4-10-20/h2-16H,17-19H2,1H3,(H,28,29). The van der Waals surface area contributed by atoms with Crippen molar-refractivity contribution in [1.29, 1.82) is 0 Å². The highest BCUT2D eigenvalue weighted by Gasteiger charge is 2.12. The van der Waals surface area contributed by atoms with Crippen molar-refractivity contribution in [2.75, 3.05) is 20.3 Å². The number of ether oxygens (including phenoxy) is 3. The van der Waals surface area contributed by atoms with Crippen LogP contribution in [0.3, 0.4) is 0 Å². The molecule has 0 atom stereocenters. The molecule has 6 nitrogen and oxygen atoms in total. The van der Waals surface area contributed by atoms with Gasteiger partial charge in [-0.25, -0.2) is 0 Å². The fourth-order valence-corrected chi connectivity index (χ4v) is 3.33. The molecule has 0 radical (unpaired) electrons. The molecule has 1 heterocycles. The fourth-order valence-electron chi connectivity index (χ4n) is 3.33. The van der Waals surface area contributed by atoms with E-state index < -0.39 is 0 Å². The molecule has 6 heteroatoms. The Morgan fingerprint density at radius 2 is 1.48 bits per heavy atom. The van der Waals surface area contributed by atoms with Crippen molar-refractivity contribution in [1.82, 2.24) is 5.32 Å². The van der Waals surface area contributed by atoms with Gasteiger partial charge in [0.2, 0.25) is 0 Å². The van der Waals surface area contributed by atoms with Crippen LogP contribution in [0.4, 0.5) is 0 Å². The minimum atomic E-state index is -0.307. The maximum absolute atomic E-state index is 12.4. The lowest BCUT2D eigenvalue weighted by molar-refractivity contribution is 0.0915. The van der Waals surface area contributed by atoms with Gasteiger partial charge >= 0.3 is 0 Å². The number of carbonyl (C=O) groups is 1. The zero-order valence-corrected chi connectivity index (χ0v) is 18.3. The topological polar surface area (TPSA) is 69.9 Å². The highest BCUT2D eigenvalue weighted by Crippen LogP contribution is 2.29. The predicted octanol–water partition coefficient (Wildman–Crippen LogP) is 5.34. The Morgan fingerprint density at radius 3 is 2.27 bits per heavy atom. The number of para-hydroxylation sites is 3. The summed E-state index contributed by atoms with van der Waals surface area (Å²) < 4.78 is 22.5. The first-order valence-corrected chi connectivity index (χ1v) is 10.6. The van der Waals surface area contributed by atoms with Crippen molar-refractivity contribution >= 4 is 5.91 Å². The van der Waals surface area contributed by atoms with Gasteiger partial charge in [0.25, 0.3) is 5.91 Å². The molecule has 0 aliphatic rings. The molecule has 1 N–H and O–H groups in total. The van der Waals surface area contributed by atoms with Crippen molar-refractivity contribution in [3.8, 4) is 28.4 Å². The van der Waals surface area contributed by atoms with Crippen LogP contribution in [0.25, 0.3) is 11.1 Å². The van der Waals surface area contributed by atoms with Gasteiger partial charge in [0.1, 0.15) is 24.7 Å². The summed E-state index contributed by atoms with van der Waals surface area (Å²) in [6.45, 7) is 0.864. The molecule has 1 aromatic heterocycles. The molecule has 0 unspecified atom stereocenters. The molecule has 4 rings (SSSR count). The maximum atomic E-state index is 12.4. The average molecular weight is 443 g/mol. The average Bonchev–Trinajstić information content (AvgIpc) is 3.35. The van der Waals surface area contributed by atoms with E-state index in [2.05, 4.69) is 5.32 Å². The number of nitrogens with one attached hydrogen (secondary N) is 1. The minimum Gasteiger partial charge on any atom is -0.493 e. The Balaban J connectivity index is 1.26. The Kier molecular flexibility index (Phi) is 7.28. The summed E-state index contributed by atoms with van der Waals surface area (Å²) in [4.78, 5) is 12.4. The maximum Gasteiger partial charge on any atom is 0.287 e. The molecule has 0 spiro atoms. The third kappa shape index (κ3) is 5.74. The largest absolute Gasteiger partial charge is 0.493 e. The van der Waals surface area contributed by atoms with E-state index in [0.29, 0.717) is 30.4 Å². The highest BCUT2D eigenvalue weighted by molar-refractivity contribution is 5.91. The van der Waals surface area contributed by atoms with Crippen molar-refractivity contribution in [2.45, 2.75) is 6.61 Å². The van der Waals surface area contributed by atoms with Crippen LogP contribution in [0.1, 0.15) is 16.3 Å². The minimum absolute atomic E-state index is 0.188. The van der Waals surface area contributed by atoms with E-state index in [9.17, 15) is 4.79 Å². The van der Waals surface area contributed by atoms with Crippen molar-refractivity contribution < 1.29 is 23.4 Å². The van der Waals surface area contributed by atoms with Crippen LogP contribution < -0.4 is 19.5 Å². The second-order valence-corrected chi connectivity index (χ2v) is 7.17. The zero-order valence-electron chi connectivity index (χ0n) is 18.3. The second kappa shape index (κ2) is 10.9. The molecule has 0 saturated heterocycles. The molecule has 33 heavy (non-hydrogen) atoms. The summed E-state index contributed by atoms with van der Waals surface area (Å²) in [6.07, 6.45) is 0. The SMILES string of the molecule is COc1ccccc1OCc1ccc(C(=O)NCCOc2ccccc2-c2ccccc2)o1. The predicted molar refractivity (Wildman–Crippen MR) is 126 cm³/mol. The number of furan rings is 1. The molecule has 0 fully saturated rings. The van der Waals surface area contributed by atoms with Crippen LogP contribution in [0.15, 0.2) is 95.4 Å². The number of hydrogen-bond acceptors (Lipinski definition) is 5. The molecule has 0 aliphatic heterocycles. The van der Waals surface area contributed by atoms with Gasteiger partial charge in [-0.05, 0) is 35.9 Å². The molecule has 168 valence electrons. The molecule has 3 aromatic carbocycles. The first kappa shape index (κ1) is 22.0. The van der Waals surface area contributed by atoms with Gasteiger partial charge in [0.15, 0.2) is 17.3 Å². The van der Waals surface area contributed by atoms with E-state index in [-0.39, 0.29) is 18.3 Å². The summed E-state index contributed by atoms with van der Waals surface area (Å²) in [7, 11) is 1.58. The summed E-state index contributed by atoms with van der Waals surface area (Å²) in [5.74, 6) is 2.47. The van der Waals surface area contributed by atoms with Crippen LogP contribution in [0.2, 0.25) is 0 Å². The molecule has 1 amide bonds. The van der Waals surface area contributed by atoms with E-state index >= 15 is 0 Å². The lowest BCUT2D eigenvalue weighted by Gasteiger charge is -2.12. The van der Waals surface area contributed by atoms with E-state index in [1.165, 1.54) is 0 Å². The van der Waals surface area contributed by atoms with Crippen molar-refractivity contribution in [2.24, 2.45) is 0 Å². The van der Waals surface area contributed by atoms with Crippen LogP contribution in [0.5, 0.6) is 17.2 Å². The number of carbonyl (C=O) groups excluding carboxylic acids is 1. The lowest BCUT2D eigenvalue weighted by atomic mass is 10.1. The van der Waals surface area contributed by atoms with Gasteiger partial charge in [0, 0.05) is 5.56 Å². The number of amides is 1. The van der Waals surface area contributed by atoms with Crippen LogP contribution in [0, 0.1) is 0 Å². The highest BCUT2D eigenvalue weighted by atomic mass is 16.5. The number of methoxy groups -OCH3 is 1.